The summed E-state index contributed by atoms with van der Waals surface area (Å²) in [5.41, 5.74) is 2.89. The number of anilines is 2. The number of fused-ring (bicyclic) bond motifs is 1. The van der Waals surface area contributed by atoms with Gasteiger partial charge < -0.3 is 24.3 Å². The number of methoxy groups -OCH3 is 1. The van der Waals surface area contributed by atoms with Crippen molar-refractivity contribution in [3.05, 3.63) is 84.5 Å². The maximum absolute atomic E-state index is 14.9. The van der Waals surface area contributed by atoms with Crippen LogP contribution < -0.4 is 14.8 Å². The lowest BCUT2D eigenvalue weighted by atomic mass is 10.1. The Morgan fingerprint density at radius 1 is 1.03 bits per heavy atom. The molecule has 0 amide bonds. The minimum atomic E-state index is -0.645. The first-order valence-corrected chi connectivity index (χ1v) is 10.9. The lowest BCUT2D eigenvalue weighted by Crippen LogP contribution is -2.15. The van der Waals surface area contributed by atoms with E-state index in [0.717, 1.165) is 17.8 Å². The Morgan fingerprint density at radius 3 is 2.63 bits per heavy atom. The van der Waals surface area contributed by atoms with Gasteiger partial charge in [-0.3, -0.25) is 0 Å². The average molecular weight is 475 g/mol. The second-order valence-electron chi connectivity index (χ2n) is 8.14. The SMILES string of the molecule is COc1c(F)cc(-c2ccnc(F)c2)cc1Nc1nc2cc(OC3=CCN(C)C=C3)ccc2n1C. The summed E-state index contributed by atoms with van der Waals surface area (Å²) in [5.74, 6) is 0.702. The third-order valence-corrected chi connectivity index (χ3v) is 5.72. The van der Waals surface area contributed by atoms with Crippen molar-refractivity contribution in [2.75, 3.05) is 26.0 Å². The Morgan fingerprint density at radius 2 is 1.89 bits per heavy atom. The molecular weight excluding hydrogens is 452 g/mol. The summed E-state index contributed by atoms with van der Waals surface area (Å²) in [6, 6.07) is 11.5. The van der Waals surface area contributed by atoms with E-state index in [4.69, 9.17) is 9.47 Å². The van der Waals surface area contributed by atoms with Gasteiger partial charge in [-0.05, 0) is 53.6 Å². The number of pyridine rings is 1. The molecule has 0 saturated carbocycles. The quantitative estimate of drug-likeness (QED) is 0.378. The van der Waals surface area contributed by atoms with Crippen molar-refractivity contribution in [1.29, 1.82) is 0 Å². The molecule has 1 N–H and O–H groups in total. The van der Waals surface area contributed by atoms with Gasteiger partial charge in [0.1, 0.15) is 11.5 Å². The number of halogens is 2. The second-order valence-corrected chi connectivity index (χ2v) is 8.14. The number of ether oxygens (including phenoxy) is 2. The monoisotopic (exact) mass is 475 g/mol. The lowest BCUT2D eigenvalue weighted by Gasteiger charge is -2.17. The van der Waals surface area contributed by atoms with Gasteiger partial charge in [0, 0.05) is 45.2 Å². The van der Waals surface area contributed by atoms with Crippen LogP contribution in [0.15, 0.2) is 72.8 Å². The Labute approximate surface area is 200 Å². The summed E-state index contributed by atoms with van der Waals surface area (Å²) < 4.78 is 41.6. The predicted molar refractivity (Wildman–Crippen MR) is 131 cm³/mol. The zero-order chi connectivity index (χ0) is 24.5. The molecule has 178 valence electrons. The van der Waals surface area contributed by atoms with Crippen molar-refractivity contribution in [2.24, 2.45) is 7.05 Å². The van der Waals surface area contributed by atoms with Gasteiger partial charge in [-0.25, -0.2) is 14.4 Å². The molecule has 2 aromatic heterocycles. The highest BCUT2D eigenvalue weighted by molar-refractivity contribution is 5.82. The molecular formula is C26H23F2N5O2. The highest BCUT2D eigenvalue weighted by atomic mass is 19.1. The van der Waals surface area contributed by atoms with E-state index in [0.29, 0.717) is 34.0 Å². The van der Waals surface area contributed by atoms with Gasteiger partial charge >= 0.3 is 0 Å². The number of imidazole rings is 1. The van der Waals surface area contributed by atoms with Crippen LogP contribution >= 0.6 is 0 Å². The molecule has 3 heterocycles. The summed E-state index contributed by atoms with van der Waals surface area (Å²) in [6.07, 6.45) is 7.19. The van der Waals surface area contributed by atoms with Crippen LogP contribution in [-0.4, -0.2) is 40.1 Å². The maximum Gasteiger partial charge on any atom is 0.213 e. The predicted octanol–water partition coefficient (Wildman–Crippen LogP) is 5.39. The van der Waals surface area contributed by atoms with Gasteiger partial charge in [0.25, 0.3) is 0 Å². The van der Waals surface area contributed by atoms with Crippen molar-refractivity contribution in [1.82, 2.24) is 19.4 Å². The van der Waals surface area contributed by atoms with Crippen LogP contribution in [-0.2, 0) is 7.05 Å². The molecule has 0 aliphatic carbocycles. The molecule has 9 heteroatoms. The van der Waals surface area contributed by atoms with Crippen molar-refractivity contribution in [3.63, 3.8) is 0 Å². The number of nitrogens with one attached hydrogen (secondary N) is 1. The number of rotatable bonds is 6. The first-order chi connectivity index (χ1) is 16.9. The summed E-state index contributed by atoms with van der Waals surface area (Å²) in [5, 5.41) is 3.16. The Kier molecular flexibility index (Phi) is 5.82. The van der Waals surface area contributed by atoms with Crippen molar-refractivity contribution in [2.45, 2.75) is 0 Å². The summed E-state index contributed by atoms with van der Waals surface area (Å²) in [4.78, 5) is 10.3. The minimum absolute atomic E-state index is 0.0281. The molecule has 0 spiro atoms. The van der Waals surface area contributed by atoms with E-state index in [1.54, 1.807) is 12.1 Å². The van der Waals surface area contributed by atoms with Gasteiger partial charge in [-0.15, -0.1) is 0 Å². The van der Waals surface area contributed by atoms with Crippen LogP contribution in [0.5, 0.6) is 11.5 Å². The smallest absolute Gasteiger partial charge is 0.213 e. The Bertz CT molecular complexity index is 1480. The molecule has 0 radical (unpaired) electrons. The minimum Gasteiger partial charge on any atom is -0.492 e. The topological polar surface area (TPSA) is 64.4 Å². The molecule has 1 aliphatic heterocycles. The number of nitrogens with zero attached hydrogens (tertiary/aromatic N) is 4. The van der Waals surface area contributed by atoms with Crippen LogP contribution in [0.4, 0.5) is 20.4 Å². The van der Waals surface area contributed by atoms with Gasteiger partial charge in [0.15, 0.2) is 11.6 Å². The third-order valence-electron chi connectivity index (χ3n) is 5.72. The van der Waals surface area contributed by atoms with Crippen molar-refractivity contribution < 1.29 is 18.3 Å². The fourth-order valence-corrected chi connectivity index (χ4v) is 3.89. The van der Waals surface area contributed by atoms with E-state index < -0.39 is 11.8 Å². The summed E-state index contributed by atoms with van der Waals surface area (Å²) in [7, 11) is 5.23. The van der Waals surface area contributed by atoms with Crippen LogP contribution in [0.25, 0.3) is 22.2 Å². The molecule has 0 unspecified atom stereocenters. The maximum atomic E-state index is 14.9. The molecule has 0 fully saturated rings. The number of allylic oxidation sites excluding steroid dienone is 1. The van der Waals surface area contributed by atoms with E-state index in [1.807, 2.05) is 60.1 Å². The molecule has 1 aliphatic rings. The molecule has 2 aromatic carbocycles. The highest BCUT2D eigenvalue weighted by Gasteiger charge is 2.17. The molecule has 0 bridgehead atoms. The normalized spacial score (nSPS) is 13.2. The van der Waals surface area contributed by atoms with Gasteiger partial charge in [-0.1, -0.05) is 0 Å². The van der Waals surface area contributed by atoms with Crippen LogP contribution in [0.1, 0.15) is 0 Å². The number of hydrogen-bond acceptors (Lipinski definition) is 6. The molecule has 4 aromatic rings. The average Bonchev–Trinajstić information content (AvgIpc) is 3.15. The van der Waals surface area contributed by atoms with Crippen molar-refractivity contribution >= 4 is 22.7 Å². The van der Waals surface area contributed by atoms with Gasteiger partial charge in [-0.2, -0.15) is 4.39 Å². The zero-order valence-electron chi connectivity index (χ0n) is 19.4. The first kappa shape index (κ1) is 22.4. The van der Waals surface area contributed by atoms with E-state index in [2.05, 4.69) is 15.3 Å². The summed E-state index contributed by atoms with van der Waals surface area (Å²) >= 11 is 0. The highest BCUT2D eigenvalue weighted by Crippen LogP contribution is 2.36. The summed E-state index contributed by atoms with van der Waals surface area (Å²) in [6.45, 7) is 0.773. The largest absolute Gasteiger partial charge is 0.492 e. The van der Waals surface area contributed by atoms with Crippen LogP contribution in [0.2, 0.25) is 0 Å². The van der Waals surface area contributed by atoms with Crippen LogP contribution in [0, 0.1) is 11.8 Å². The Hall–Kier alpha value is -4.40. The number of aromatic nitrogens is 3. The number of hydrogen-bond donors (Lipinski definition) is 1. The Balaban J connectivity index is 1.48. The molecule has 7 nitrogen and oxygen atoms in total. The lowest BCUT2D eigenvalue weighted by molar-refractivity contribution is 0.389. The van der Waals surface area contributed by atoms with Gasteiger partial charge in [0.2, 0.25) is 11.9 Å². The molecule has 5 rings (SSSR count). The van der Waals surface area contributed by atoms with Gasteiger partial charge in [0.05, 0.1) is 23.8 Å². The fourth-order valence-electron chi connectivity index (χ4n) is 3.89. The second kappa shape index (κ2) is 9.09. The van der Waals surface area contributed by atoms with Crippen LogP contribution in [0.3, 0.4) is 0 Å². The third kappa shape index (κ3) is 4.52. The zero-order valence-corrected chi connectivity index (χ0v) is 19.4. The first-order valence-electron chi connectivity index (χ1n) is 10.9. The molecule has 0 saturated heterocycles. The van der Waals surface area contributed by atoms with E-state index in [1.165, 1.54) is 25.4 Å². The fraction of sp³-hybridized carbons (Fsp3) is 0.154. The standard InChI is InChI=1S/C26H23F2N5O2/c1-32-10-7-18(8-11-32)35-19-4-5-23-21(15-19)30-26(33(23)2)31-22-13-17(12-20(27)25(22)34-3)16-6-9-29-24(28)14-16/h4-10,12-15H,11H2,1-3H3,(H,30,31). The molecule has 35 heavy (non-hydrogen) atoms. The van der Waals surface area contributed by atoms with E-state index in [-0.39, 0.29) is 5.75 Å². The van der Waals surface area contributed by atoms with E-state index >= 15 is 0 Å². The van der Waals surface area contributed by atoms with E-state index in [9.17, 15) is 8.78 Å². The number of aryl methyl sites for hydroxylation is 1. The molecule has 0 atom stereocenters. The number of likely N-dealkylation sites (N-methyl/N-ethyl adjacent to an activating group) is 1. The van der Waals surface area contributed by atoms with Crippen molar-refractivity contribution in [3.8, 4) is 22.6 Å². The number of benzene rings is 2.